The van der Waals surface area contributed by atoms with Gasteiger partial charge in [0, 0.05) is 12.1 Å². The van der Waals surface area contributed by atoms with Gasteiger partial charge in [-0.05, 0) is 37.3 Å². The highest BCUT2D eigenvalue weighted by Gasteiger charge is 2.33. The molecule has 20 heavy (non-hydrogen) atoms. The molecule has 2 nitrogen and oxygen atoms in total. The Bertz CT molecular complexity index is 495. The van der Waals surface area contributed by atoms with E-state index in [1.165, 1.54) is 6.07 Å². The third-order valence-corrected chi connectivity index (χ3v) is 5.89. The van der Waals surface area contributed by atoms with Gasteiger partial charge in [-0.1, -0.05) is 19.8 Å². The summed E-state index contributed by atoms with van der Waals surface area (Å²) in [6, 6.07) is 3.03. The maximum absolute atomic E-state index is 13.8. The average molecular weight is 301 g/mol. The van der Waals surface area contributed by atoms with Gasteiger partial charge in [0.15, 0.2) is 0 Å². The molecule has 1 aliphatic carbocycles. The molecule has 112 valence electrons. The van der Waals surface area contributed by atoms with E-state index in [9.17, 15) is 13.0 Å². The fraction of sp³-hybridized carbons (Fsp3) is 0.600. The van der Waals surface area contributed by atoms with Crippen LogP contribution in [0.5, 0.6) is 0 Å². The van der Waals surface area contributed by atoms with Crippen molar-refractivity contribution in [2.75, 3.05) is 0 Å². The Labute approximate surface area is 121 Å². The van der Waals surface area contributed by atoms with Crippen molar-refractivity contribution in [1.29, 1.82) is 0 Å². The highest BCUT2D eigenvalue weighted by molar-refractivity contribution is 7.85. The summed E-state index contributed by atoms with van der Waals surface area (Å²) in [4.78, 5) is 0.0731. The molecule has 1 aromatic rings. The second-order valence-corrected chi connectivity index (χ2v) is 7.18. The van der Waals surface area contributed by atoms with Gasteiger partial charge in [0.25, 0.3) is 0 Å². The summed E-state index contributed by atoms with van der Waals surface area (Å²) in [6.45, 7) is 2.13. The van der Waals surface area contributed by atoms with E-state index in [4.69, 9.17) is 5.73 Å². The number of nitrogens with two attached hydrogens (primary N) is 1. The van der Waals surface area contributed by atoms with Crippen molar-refractivity contribution in [3.63, 3.8) is 0 Å². The molecule has 0 aromatic heterocycles. The second-order valence-electron chi connectivity index (χ2n) is 5.54. The third kappa shape index (κ3) is 3.44. The summed E-state index contributed by atoms with van der Waals surface area (Å²) in [5.41, 5.74) is 6.07. The van der Waals surface area contributed by atoms with Gasteiger partial charge in [0.1, 0.15) is 11.6 Å². The van der Waals surface area contributed by atoms with E-state index in [0.29, 0.717) is 5.92 Å². The van der Waals surface area contributed by atoms with Gasteiger partial charge in [0.05, 0.1) is 20.9 Å². The Balaban J connectivity index is 2.17. The van der Waals surface area contributed by atoms with E-state index in [-0.39, 0.29) is 16.2 Å². The topological polar surface area (TPSA) is 43.1 Å². The Kier molecular flexibility index (Phi) is 5.27. The second kappa shape index (κ2) is 6.76. The minimum absolute atomic E-state index is 0.0731. The average Bonchev–Trinajstić information content (AvgIpc) is 2.40. The van der Waals surface area contributed by atoms with Crippen LogP contribution < -0.4 is 5.73 Å². The summed E-state index contributed by atoms with van der Waals surface area (Å²) >= 11 is 0. The van der Waals surface area contributed by atoms with E-state index in [1.54, 1.807) is 0 Å². The molecule has 0 radical (unpaired) electrons. The highest BCUT2D eigenvalue weighted by Crippen LogP contribution is 2.32. The molecule has 0 saturated heterocycles. The van der Waals surface area contributed by atoms with Crippen LogP contribution in [0.15, 0.2) is 23.1 Å². The molecular formula is C15H21F2NOS. The fourth-order valence-corrected chi connectivity index (χ4v) is 4.63. The summed E-state index contributed by atoms with van der Waals surface area (Å²) in [5, 5.41) is -0.236. The van der Waals surface area contributed by atoms with Crippen LogP contribution in [0.1, 0.15) is 39.0 Å². The molecular weight excluding hydrogens is 280 g/mol. The molecule has 5 heteroatoms. The number of halogens is 2. The molecule has 1 aromatic carbocycles. The van der Waals surface area contributed by atoms with Gasteiger partial charge in [-0.2, -0.15) is 0 Å². The van der Waals surface area contributed by atoms with Crippen LogP contribution in [0.25, 0.3) is 0 Å². The molecule has 4 unspecified atom stereocenters. The van der Waals surface area contributed by atoms with Gasteiger partial charge in [-0.25, -0.2) is 8.78 Å². The maximum atomic E-state index is 13.8. The van der Waals surface area contributed by atoms with Crippen molar-refractivity contribution >= 4 is 10.8 Å². The Morgan fingerprint density at radius 2 is 2.10 bits per heavy atom. The number of rotatable bonds is 4. The van der Waals surface area contributed by atoms with Crippen LogP contribution in [0.4, 0.5) is 8.78 Å². The number of benzene rings is 1. The van der Waals surface area contributed by atoms with Crippen molar-refractivity contribution in [2.45, 2.75) is 55.2 Å². The summed E-state index contributed by atoms with van der Waals surface area (Å²) < 4.78 is 39.2. The van der Waals surface area contributed by atoms with Crippen LogP contribution in [0.3, 0.4) is 0 Å². The molecule has 1 saturated carbocycles. The van der Waals surface area contributed by atoms with Crippen LogP contribution >= 0.6 is 0 Å². The smallest absolute Gasteiger partial charge is 0.142 e. The molecule has 2 rings (SSSR count). The van der Waals surface area contributed by atoms with Gasteiger partial charge in [0.2, 0.25) is 0 Å². The van der Waals surface area contributed by atoms with Crippen LogP contribution in [0.2, 0.25) is 0 Å². The molecule has 0 amide bonds. The van der Waals surface area contributed by atoms with E-state index >= 15 is 0 Å². The Morgan fingerprint density at radius 1 is 1.35 bits per heavy atom. The first-order chi connectivity index (χ1) is 9.52. The molecule has 0 spiro atoms. The Morgan fingerprint density at radius 3 is 2.75 bits per heavy atom. The number of hydrogen-bond donors (Lipinski definition) is 1. The van der Waals surface area contributed by atoms with Crippen LogP contribution in [-0.4, -0.2) is 15.5 Å². The molecule has 4 atom stereocenters. The minimum atomic E-state index is -1.51. The molecule has 0 bridgehead atoms. The SMILES string of the molecule is CCCC1CCC(N)C(S(=O)c2ccc(F)cc2F)C1. The zero-order valence-corrected chi connectivity index (χ0v) is 12.5. The normalized spacial score (nSPS) is 28.3. The maximum Gasteiger partial charge on any atom is 0.142 e. The first-order valence-corrected chi connectivity index (χ1v) is 8.35. The molecule has 0 heterocycles. The van der Waals surface area contributed by atoms with Crippen LogP contribution in [0, 0.1) is 17.6 Å². The van der Waals surface area contributed by atoms with E-state index in [1.807, 2.05) is 0 Å². The molecule has 1 fully saturated rings. The van der Waals surface area contributed by atoms with Crippen molar-refractivity contribution in [3.8, 4) is 0 Å². The molecule has 0 aliphatic heterocycles. The lowest BCUT2D eigenvalue weighted by Gasteiger charge is -2.33. The zero-order chi connectivity index (χ0) is 14.7. The summed E-state index contributed by atoms with van der Waals surface area (Å²) in [5.74, 6) is -0.884. The highest BCUT2D eigenvalue weighted by atomic mass is 32.2. The van der Waals surface area contributed by atoms with Gasteiger partial charge in [-0.15, -0.1) is 0 Å². The minimum Gasteiger partial charge on any atom is -0.327 e. The first-order valence-electron chi connectivity index (χ1n) is 7.14. The van der Waals surface area contributed by atoms with Gasteiger partial charge in [-0.3, -0.25) is 4.21 Å². The van der Waals surface area contributed by atoms with Gasteiger partial charge < -0.3 is 5.73 Å². The third-order valence-electron chi connectivity index (χ3n) is 4.03. The first kappa shape index (κ1) is 15.6. The quantitative estimate of drug-likeness (QED) is 0.926. The van der Waals surface area contributed by atoms with Crippen molar-refractivity contribution in [2.24, 2.45) is 11.7 Å². The lowest BCUT2D eigenvalue weighted by Crippen LogP contribution is -2.43. The predicted octanol–water partition coefficient (Wildman–Crippen LogP) is 3.37. The monoisotopic (exact) mass is 301 g/mol. The van der Waals surface area contributed by atoms with Crippen molar-refractivity contribution in [1.82, 2.24) is 0 Å². The molecule has 1 aliphatic rings. The largest absolute Gasteiger partial charge is 0.327 e. The number of hydrogen-bond acceptors (Lipinski definition) is 2. The van der Waals surface area contributed by atoms with Crippen molar-refractivity contribution in [3.05, 3.63) is 29.8 Å². The van der Waals surface area contributed by atoms with E-state index in [2.05, 4.69) is 6.92 Å². The summed E-state index contributed by atoms with van der Waals surface area (Å²) in [7, 11) is -1.51. The summed E-state index contributed by atoms with van der Waals surface area (Å²) in [6.07, 6.45) is 4.81. The Hall–Kier alpha value is -0.810. The predicted molar refractivity (Wildman–Crippen MR) is 76.8 cm³/mol. The lowest BCUT2D eigenvalue weighted by molar-refractivity contribution is 0.313. The zero-order valence-electron chi connectivity index (χ0n) is 11.6. The lowest BCUT2D eigenvalue weighted by atomic mass is 9.83. The van der Waals surface area contributed by atoms with Crippen LogP contribution in [-0.2, 0) is 10.8 Å². The van der Waals surface area contributed by atoms with Gasteiger partial charge >= 0.3 is 0 Å². The van der Waals surface area contributed by atoms with Crippen molar-refractivity contribution < 1.29 is 13.0 Å². The standard InChI is InChI=1S/C15H21F2NOS/c1-2-3-10-4-6-13(18)15(8-10)20(19)14-7-5-11(16)9-12(14)17/h5,7,9-10,13,15H,2-4,6,8,18H2,1H3. The fourth-order valence-electron chi connectivity index (χ4n) is 2.95. The molecule has 2 N–H and O–H groups in total. The van der Waals surface area contributed by atoms with E-state index < -0.39 is 22.4 Å². The van der Waals surface area contributed by atoms with E-state index in [0.717, 1.165) is 44.2 Å².